The zero-order valence-electron chi connectivity index (χ0n) is 19.4. The zero-order chi connectivity index (χ0) is 25.7. The van der Waals surface area contributed by atoms with Gasteiger partial charge in [-0.05, 0) is 48.4 Å². The lowest BCUT2D eigenvalue weighted by molar-refractivity contribution is 0.0949. The fourth-order valence-electron chi connectivity index (χ4n) is 3.65. The van der Waals surface area contributed by atoms with Crippen molar-refractivity contribution in [2.75, 3.05) is 25.0 Å². The average Bonchev–Trinajstić information content (AvgIpc) is 3.17. The number of hydrogen-bond donors (Lipinski definition) is 2. The number of nitrogens with one attached hydrogen (secondary N) is 2. The SMILES string of the molecule is COCCCNC(=O)c1ccccc1NS(=O)(=O)c1ccc2c(c1)sc(=O)n2Cc1ccccc1Cl. The van der Waals surface area contributed by atoms with E-state index in [0.717, 1.165) is 16.9 Å². The molecule has 4 aromatic rings. The van der Waals surface area contributed by atoms with Gasteiger partial charge in [0.05, 0.1) is 32.9 Å². The summed E-state index contributed by atoms with van der Waals surface area (Å²) in [4.78, 5) is 25.0. The van der Waals surface area contributed by atoms with Gasteiger partial charge in [0.25, 0.3) is 15.9 Å². The maximum absolute atomic E-state index is 13.2. The normalized spacial score (nSPS) is 11.5. The molecule has 36 heavy (non-hydrogen) atoms. The van der Waals surface area contributed by atoms with E-state index in [1.54, 1.807) is 42.0 Å². The molecule has 0 spiro atoms. The Morgan fingerprint density at radius 2 is 1.83 bits per heavy atom. The summed E-state index contributed by atoms with van der Waals surface area (Å²) in [6.07, 6.45) is 0.634. The monoisotopic (exact) mass is 545 g/mol. The van der Waals surface area contributed by atoms with Crippen LogP contribution in [0.5, 0.6) is 0 Å². The molecule has 4 rings (SSSR count). The summed E-state index contributed by atoms with van der Waals surface area (Å²) in [6.45, 7) is 1.17. The number of anilines is 1. The number of hydrogen-bond acceptors (Lipinski definition) is 6. The Balaban J connectivity index is 1.59. The molecule has 0 fully saturated rings. The van der Waals surface area contributed by atoms with Gasteiger partial charge in [-0.25, -0.2) is 8.42 Å². The highest BCUT2D eigenvalue weighted by atomic mass is 35.5. The molecule has 1 aromatic heterocycles. The van der Waals surface area contributed by atoms with Crippen LogP contribution in [0.25, 0.3) is 10.2 Å². The number of halogens is 1. The van der Waals surface area contributed by atoms with E-state index in [9.17, 15) is 18.0 Å². The smallest absolute Gasteiger partial charge is 0.308 e. The number of para-hydroxylation sites is 1. The van der Waals surface area contributed by atoms with Crippen LogP contribution in [-0.4, -0.2) is 39.2 Å². The second-order valence-corrected chi connectivity index (χ2v) is 11.0. The summed E-state index contributed by atoms with van der Waals surface area (Å²) in [5.74, 6) is -0.394. The molecule has 0 radical (unpaired) electrons. The number of carbonyl (C=O) groups excluding carboxylic acids is 1. The lowest BCUT2D eigenvalue weighted by Crippen LogP contribution is -2.26. The highest BCUT2D eigenvalue weighted by molar-refractivity contribution is 7.92. The number of methoxy groups -OCH3 is 1. The zero-order valence-corrected chi connectivity index (χ0v) is 21.8. The molecular weight excluding hydrogens is 522 g/mol. The molecule has 0 aliphatic rings. The summed E-state index contributed by atoms with van der Waals surface area (Å²) >= 11 is 7.21. The van der Waals surface area contributed by atoms with Crippen molar-refractivity contribution in [1.82, 2.24) is 9.88 Å². The van der Waals surface area contributed by atoms with Crippen LogP contribution in [0.4, 0.5) is 5.69 Å². The van der Waals surface area contributed by atoms with Crippen LogP contribution in [0.1, 0.15) is 22.3 Å². The molecule has 1 heterocycles. The number of aromatic nitrogens is 1. The topological polar surface area (TPSA) is 106 Å². The Morgan fingerprint density at radius 3 is 2.61 bits per heavy atom. The quantitative estimate of drug-likeness (QED) is 0.288. The van der Waals surface area contributed by atoms with E-state index in [2.05, 4.69) is 10.0 Å². The maximum Gasteiger partial charge on any atom is 0.308 e. The molecule has 8 nitrogen and oxygen atoms in total. The number of nitrogens with zero attached hydrogens (tertiary/aromatic N) is 1. The van der Waals surface area contributed by atoms with Crippen LogP contribution in [0.2, 0.25) is 5.02 Å². The number of thiazole rings is 1. The molecule has 3 aromatic carbocycles. The van der Waals surface area contributed by atoms with Crippen LogP contribution < -0.4 is 14.9 Å². The minimum atomic E-state index is -4.03. The van der Waals surface area contributed by atoms with E-state index in [1.165, 1.54) is 18.2 Å². The van der Waals surface area contributed by atoms with E-state index in [0.29, 0.717) is 34.8 Å². The number of sulfonamides is 1. The van der Waals surface area contributed by atoms with Crippen LogP contribution in [0.15, 0.2) is 76.4 Å². The standard InChI is InChI=1S/C25H24ClN3O5S2/c1-34-14-6-13-27-24(30)19-8-3-5-10-21(19)28-36(32,33)18-11-12-22-23(15-18)35-25(31)29(22)16-17-7-2-4-9-20(17)26/h2-5,7-12,15,28H,6,13-14,16H2,1H3,(H,27,30). The van der Waals surface area contributed by atoms with E-state index >= 15 is 0 Å². The van der Waals surface area contributed by atoms with Crippen molar-refractivity contribution in [3.63, 3.8) is 0 Å². The van der Waals surface area contributed by atoms with Gasteiger partial charge in [-0.15, -0.1) is 0 Å². The van der Waals surface area contributed by atoms with Gasteiger partial charge >= 0.3 is 4.87 Å². The van der Waals surface area contributed by atoms with Crippen molar-refractivity contribution in [3.8, 4) is 0 Å². The van der Waals surface area contributed by atoms with Crippen molar-refractivity contribution >= 4 is 54.8 Å². The molecule has 0 atom stereocenters. The summed E-state index contributed by atoms with van der Waals surface area (Å²) in [7, 11) is -2.46. The van der Waals surface area contributed by atoms with Gasteiger partial charge in [-0.2, -0.15) is 0 Å². The highest BCUT2D eigenvalue weighted by Crippen LogP contribution is 2.26. The van der Waals surface area contributed by atoms with Crippen LogP contribution in [-0.2, 0) is 21.3 Å². The molecule has 0 saturated carbocycles. The minimum absolute atomic E-state index is 0.0172. The molecule has 0 aliphatic carbocycles. The maximum atomic E-state index is 13.2. The first kappa shape index (κ1) is 25.9. The number of carbonyl (C=O) groups is 1. The number of fused-ring (bicyclic) bond motifs is 1. The average molecular weight is 546 g/mol. The van der Waals surface area contributed by atoms with Gasteiger partial charge in [0.2, 0.25) is 0 Å². The minimum Gasteiger partial charge on any atom is -0.385 e. The van der Waals surface area contributed by atoms with Gasteiger partial charge in [-0.1, -0.05) is 53.3 Å². The van der Waals surface area contributed by atoms with Crippen LogP contribution in [0, 0.1) is 0 Å². The van der Waals surface area contributed by atoms with E-state index in [1.807, 2.05) is 18.2 Å². The third-order valence-corrected chi connectivity index (χ3v) is 8.14. The number of ether oxygens (including phenoxy) is 1. The summed E-state index contributed by atoms with van der Waals surface area (Å²) in [6, 6.07) is 18.1. The molecule has 188 valence electrons. The Bertz CT molecular complexity index is 1560. The number of benzene rings is 3. The molecule has 1 amide bonds. The number of amides is 1. The van der Waals surface area contributed by atoms with Crippen molar-refractivity contribution in [3.05, 3.63) is 92.5 Å². The summed E-state index contributed by atoms with van der Waals surface area (Å²) in [5.41, 5.74) is 1.76. The molecular formula is C25H24ClN3O5S2. The highest BCUT2D eigenvalue weighted by Gasteiger charge is 2.20. The van der Waals surface area contributed by atoms with Gasteiger partial charge < -0.3 is 10.1 Å². The third kappa shape index (κ3) is 5.79. The lowest BCUT2D eigenvalue weighted by atomic mass is 10.1. The van der Waals surface area contributed by atoms with Gasteiger partial charge in [-0.3, -0.25) is 18.9 Å². The van der Waals surface area contributed by atoms with E-state index in [-0.39, 0.29) is 27.6 Å². The Morgan fingerprint density at radius 1 is 1.08 bits per heavy atom. The Hall–Kier alpha value is -3.18. The molecule has 11 heteroatoms. The van der Waals surface area contributed by atoms with Crippen molar-refractivity contribution in [2.24, 2.45) is 0 Å². The number of rotatable bonds is 10. The predicted octanol–water partition coefficient (Wildman–Crippen LogP) is 4.33. The van der Waals surface area contributed by atoms with Crippen molar-refractivity contribution in [2.45, 2.75) is 17.9 Å². The third-order valence-electron chi connectivity index (χ3n) is 5.46. The second kappa shape index (κ2) is 11.3. The fraction of sp³-hybridized carbons (Fsp3) is 0.200. The Kier molecular flexibility index (Phi) is 8.10. The van der Waals surface area contributed by atoms with Gasteiger partial charge in [0.1, 0.15) is 0 Å². The van der Waals surface area contributed by atoms with Crippen LogP contribution >= 0.6 is 22.9 Å². The molecule has 0 aliphatic heterocycles. The first-order valence-electron chi connectivity index (χ1n) is 11.1. The first-order chi connectivity index (χ1) is 17.3. The molecule has 0 unspecified atom stereocenters. The van der Waals surface area contributed by atoms with Crippen LogP contribution in [0.3, 0.4) is 0 Å². The molecule has 0 bridgehead atoms. The van der Waals surface area contributed by atoms with E-state index < -0.39 is 15.9 Å². The Labute approximate surface area is 217 Å². The fourth-order valence-corrected chi connectivity index (χ4v) is 5.95. The predicted molar refractivity (Wildman–Crippen MR) is 143 cm³/mol. The molecule has 0 saturated heterocycles. The lowest BCUT2D eigenvalue weighted by Gasteiger charge is -2.13. The first-order valence-corrected chi connectivity index (χ1v) is 13.7. The van der Waals surface area contributed by atoms with Crippen molar-refractivity contribution in [1.29, 1.82) is 0 Å². The largest absolute Gasteiger partial charge is 0.385 e. The van der Waals surface area contributed by atoms with E-state index in [4.69, 9.17) is 16.3 Å². The second-order valence-electron chi connectivity index (χ2n) is 7.93. The summed E-state index contributed by atoms with van der Waals surface area (Å²) < 4.78 is 36.0. The van der Waals surface area contributed by atoms with Gasteiger partial charge in [0, 0.05) is 25.3 Å². The van der Waals surface area contributed by atoms with Crippen molar-refractivity contribution < 1.29 is 17.9 Å². The van der Waals surface area contributed by atoms with Gasteiger partial charge in [0.15, 0.2) is 0 Å². The summed E-state index contributed by atoms with van der Waals surface area (Å²) in [5, 5.41) is 3.31. The molecule has 2 N–H and O–H groups in total.